The Morgan fingerprint density at radius 3 is 2.86 bits per heavy atom. The predicted molar refractivity (Wildman–Crippen MR) is 88.0 cm³/mol. The fourth-order valence-electron chi connectivity index (χ4n) is 2.34. The average molecular weight is 371 g/mol. The molecule has 1 saturated heterocycles. The third-order valence-corrected chi connectivity index (χ3v) is 3.81. The molecule has 0 saturated carbocycles. The van der Waals surface area contributed by atoms with Crippen LogP contribution in [0, 0.1) is 5.92 Å². The number of carbonyl (C=O) groups is 1. The van der Waals surface area contributed by atoms with Gasteiger partial charge in [0.05, 0.1) is 6.61 Å². The van der Waals surface area contributed by atoms with Crippen molar-refractivity contribution >= 4 is 22.0 Å². The second-order valence-corrected chi connectivity index (χ2v) is 7.48. The summed E-state index contributed by atoms with van der Waals surface area (Å²) in [6.45, 7) is 7.64. The minimum atomic E-state index is -0.456. The van der Waals surface area contributed by atoms with Crippen LogP contribution in [0.5, 0.6) is 5.88 Å². The van der Waals surface area contributed by atoms with E-state index in [1.807, 2.05) is 32.9 Å². The van der Waals surface area contributed by atoms with Crippen molar-refractivity contribution in [3.05, 3.63) is 22.8 Å². The van der Waals surface area contributed by atoms with Gasteiger partial charge in [0.15, 0.2) is 0 Å². The molecule has 1 amide bonds. The summed E-state index contributed by atoms with van der Waals surface area (Å²) in [4.78, 5) is 18.1. The zero-order valence-electron chi connectivity index (χ0n) is 13.3. The quantitative estimate of drug-likeness (QED) is 0.810. The molecular weight excluding hydrogens is 348 g/mol. The molecule has 6 heteroatoms. The summed E-state index contributed by atoms with van der Waals surface area (Å²) in [5.74, 6) is 0.921. The van der Waals surface area contributed by atoms with Crippen LogP contribution in [0.15, 0.2) is 22.8 Å². The molecule has 0 aromatic carbocycles. The van der Waals surface area contributed by atoms with E-state index in [-0.39, 0.29) is 6.09 Å². The molecule has 1 aromatic heterocycles. The summed E-state index contributed by atoms with van der Waals surface area (Å²) in [5, 5.41) is 0. The van der Waals surface area contributed by atoms with E-state index in [4.69, 9.17) is 9.47 Å². The van der Waals surface area contributed by atoms with Crippen LogP contribution in [0.4, 0.5) is 4.79 Å². The van der Waals surface area contributed by atoms with Gasteiger partial charge < -0.3 is 14.4 Å². The minimum absolute atomic E-state index is 0.237. The van der Waals surface area contributed by atoms with Crippen LogP contribution < -0.4 is 4.74 Å². The van der Waals surface area contributed by atoms with Crippen LogP contribution in [-0.4, -0.2) is 41.3 Å². The molecule has 0 unspecified atom stereocenters. The number of nitrogens with zero attached hydrogens (tertiary/aromatic N) is 2. The van der Waals surface area contributed by atoms with Gasteiger partial charge in [-0.2, -0.15) is 0 Å². The standard InChI is InChI=1S/C16H23BrN2O3/c1-16(2,3)22-15(20)19-8-4-5-12(10-19)11-21-14-7-6-13(17)9-18-14/h6-7,9,12H,4-5,8,10-11H2,1-3H3/t12-/m0/s1. The summed E-state index contributed by atoms with van der Waals surface area (Å²) in [6, 6.07) is 3.73. The first kappa shape index (κ1) is 17.1. The van der Waals surface area contributed by atoms with E-state index in [9.17, 15) is 4.79 Å². The normalized spacial score (nSPS) is 18.9. The van der Waals surface area contributed by atoms with Crippen molar-refractivity contribution in [1.82, 2.24) is 9.88 Å². The first-order valence-corrected chi connectivity index (χ1v) is 8.35. The Morgan fingerprint density at radius 2 is 2.23 bits per heavy atom. The van der Waals surface area contributed by atoms with Gasteiger partial charge in [0.25, 0.3) is 0 Å². The van der Waals surface area contributed by atoms with Crippen LogP contribution in [0.2, 0.25) is 0 Å². The van der Waals surface area contributed by atoms with E-state index in [0.29, 0.717) is 24.9 Å². The van der Waals surface area contributed by atoms with Gasteiger partial charge in [0, 0.05) is 35.7 Å². The summed E-state index contributed by atoms with van der Waals surface area (Å²) in [6.07, 6.45) is 3.50. The van der Waals surface area contributed by atoms with Crippen molar-refractivity contribution in [1.29, 1.82) is 0 Å². The van der Waals surface area contributed by atoms with E-state index in [1.54, 1.807) is 11.1 Å². The molecule has 0 N–H and O–H groups in total. The minimum Gasteiger partial charge on any atom is -0.477 e. The van der Waals surface area contributed by atoms with E-state index in [1.165, 1.54) is 0 Å². The smallest absolute Gasteiger partial charge is 0.410 e. The Labute approximate surface area is 140 Å². The van der Waals surface area contributed by atoms with Gasteiger partial charge in [0.2, 0.25) is 5.88 Å². The molecule has 0 radical (unpaired) electrons. The Hall–Kier alpha value is -1.30. The third-order valence-electron chi connectivity index (χ3n) is 3.34. The van der Waals surface area contributed by atoms with Crippen molar-refractivity contribution in [2.75, 3.05) is 19.7 Å². The van der Waals surface area contributed by atoms with Gasteiger partial charge in [-0.05, 0) is 55.6 Å². The van der Waals surface area contributed by atoms with Crippen LogP contribution in [-0.2, 0) is 4.74 Å². The second-order valence-electron chi connectivity index (χ2n) is 6.56. The summed E-state index contributed by atoms with van der Waals surface area (Å²) in [7, 11) is 0. The van der Waals surface area contributed by atoms with Crippen molar-refractivity contribution in [3.63, 3.8) is 0 Å². The van der Waals surface area contributed by atoms with Crippen LogP contribution >= 0.6 is 15.9 Å². The monoisotopic (exact) mass is 370 g/mol. The summed E-state index contributed by atoms with van der Waals surface area (Å²) < 4.78 is 12.1. The second kappa shape index (κ2) is 7.31. The number of likely N-dealkylation sites (tertiary alicyclic amines) is 1. The molecule has 22 heavy (non-hydrogen) atoms. The lowest BCUT2D eigenvalue weighted by molar-refractivity contribution is 0.0138. The number of hydrogen-bond donors (Lipinski definition) is 0. The molecule has 1 aliphatic rings. The van der Waals surface area contributed by atoms with Crippen LogP contribution in [0.1, 0.15) is 33.6 Å². The van der Waals surface area contributed by atoms with E-state index in [0.717, 1.165) is 23.9 Å². The van der Waals surface area contributed by atoms with E-state index < -0.39 is 5.60 Å². The van der Waals surface area contributed by atoms with Crippen molar-refractivity contribution < 1.29 is 14.3 Å². The van der Waals surface area contributed by atoms with Gasteiger partial charge in [-0.3, -0.25) is 0 Å². The summed E-state index contributed by atoms with van der Waals surface area (Å²) in [5.41, 5.74) is -0.456. The Kier molecular flexibility index (Phi) is 5.67. The first-order valence-electron chi connectivity index (χ1n) is 7.56. The third kappa shape index (κ3) is 5.48. The lowest BCUT2D eigenvalue weighted by atomic mass is 9.99. The highest BCUT2D eigenvalue weighted by molar-refractivity contribution is 9.10. The van der Waals surface area contributed by atoms with Gasteiger partial charge >= 0.3 is 6.09 Å². The highest BCUT2D eigenvalue weighted by atomic mass is 79.9. The molecule has 5 nitrogen and oxygen atoms in total. The Balaban J connectivity index is 1.82. The molecule has 1 atom stereocenters. The highest BCUT2D eigenvalue weighted by Crippen LogP contribution is 2.20. The zero-order chi connectivity index (χ0) is 16.2. The molecular formula is C16H23BrN2O3. The molecule has 0 spiro atoms. The van der Waals surface area contributed by atoms with E-state index >= 15 is 0 Å². The molecule has 1 aromatic rings. The van der Waals surface area contributed by atoms with Crippen LogP contribution in [0.3, 0.4) is 0 Å². The highest BCUT2D eigenvalue weighted by Gasteiger charge is 2.27. The van der Waals surface area contributed by atoms with Gasteiger partial charge in [-0.25, -0.2) is 9.78 Å². The van der Waals surface area contributed by atoms with Crippen LogP contribution in [0.25, 0.3) is 0 Å². The fourth-order valence-corrected chi connectivity index (χ4v) is 2.58. The average Bonchev–Trinajstić information content (AvgIpc) is 2.45. The van der Waals surface area contributed by atoms with Gasteiger partial charge in [0.1, 0.15) is 5.60 Å². The molecule has 2 heterocycles. The first-order chi connectivity index (χ1) is 10.3. The lowest BCUT2D eigenvalue weighted by Crippen LogP contribution is -2.44. The topological polar surface area (TPSA) is 51.7 Å². The number of rotatable bonds is 3. The zero-order valence-corrected chi connectivity index (χ0v) is 14.9. The number of halogens is 1. The Morgan fingerprint density at radius 1 is 1.45 bits per heavy atom. The number of hydrogen-bond acceptors (Lipinski definition) is 4. The van der Waals surface area contributed by atoms with Crippen molar-refractivity contribution in [2.45, 2.75) is 39.2 Å². The van der Waals surface area contributed by atoms with Gasteiger partial charge in [-0.1, -0.05) is 0 Å². The maximum atomic E-state index is 12.1. The molecule has 0 bridgehead atoms. The largest absolute Gasteiger partial charge is 0.477 e. The number of pyridine rings is 1. The molecule has 2 rings (SSSR count). The lowest BCUT2D eigenvalue weighted by Gasteiger charge is -2.33. The number of carbonyl (C=O) groups excluding carboxylic acids is 1. The SMILES string of the molecule is CC(C)(C)OC(=O)N1CCC[C@H](COc2ccc(Br)cn2)C1. The van der Waals surface area contributed by atoms with Gasteiger partial charge in [-0.15, -0.1) is 0 Å². The predicted octanol–water partition coefficient (Wildman–Crippen LogP) is 3.87. The molecule has 0 aliphatic carbocycles. The maximum Gasteiger partial charge on any atom is 0.410 e. The fraction of sp³-hybridized carbons (Fsp3) is 0.625. The van der Waals surface area contributed by atoms with E-state index in [2.05, 4.69) is 20.9 Å². The van der Waals surface area contributed by atoms with Crippen molar-refractivity contribution in [2.24, 2.45) is 5.92 Å². The number of ether oxygens (including phenoxy) is 2. The number of piperidine rings is 1. The Bertz CT molecular complexity index is 499. The summed E-state index contributed by atoms with van der Waals surface area (Å²) >= 11 is 3.34. The number of aromatic nitrogens is 1. The van der Waals surface area contributed by atoms with Crippen molar-refractivity contribution in [3.8, 4) is 5.88 Å². The maximum absolute atomic E-state index is 12.1. The molecule has 1 fully saturated rings. The molecule has 1 aliphatic heterocycles. The number of amides is 1. The molecule has 122 valence electrons.